The first-order valence-corrected chi connectivity index (χ1v) is 11.4. The predicted molar refractivity (Wildman–Crippen MR) is 131 cm³/mol. The van der Waals surface area contributed by atoms with Gasteiger partial charge in [0.1, 0.15) is 0 Å². The molecule has 6 aromatic rings. The van der Waals surface area contributed by atoms with Crippen molar-refractivity contribution in [3.63, 3.8) is 0 Å². The first-order valence-electron chi connectivity index (χ1n) is 11.4. The zero-order valence-corrected chi connectivity index (χ0v) is 19.6. The highest BCUT2D eigenvalue weighted by molar-refractivity contribution is 6.21. The Morgan fingerprint density at radius 3 is 1.80 bits per heavy atom. The molecule has 0 saturated carbocycles. The fraction of sp³-hybridized carbons (Fsp3) is 0.0345. The summed E-state index contributed by atoms with van der Waals surface area (Å²) in [6, 6.07) is 12.1. The average Bonchev–Trinajstić information content (AvgIpc) is 3.41. The Hall–Kier alpha value is -5.29. The lowest BCUT2D eigenvalue weighted by molar-refractivity contribution is -0.137. The summed E-state index contributed by atoms with van der Waals surface area (Å²) >= 11 is 0. The van der Waals surface area contributed by atoms with Gasteiger partial charge in [0.2, 0.25) is 12.4 Å². The Morgan fingerprint density at radius 2 is 1.12 bits per heavy atom. The van der Waals surface area contributed by atoms with Gasteiger partial charge in [0.15, 0.2) is 23.3 Å². The monoisotopic (exact) mass is 546 g/mol. The highest BCUT2D eigenvalue weighted by Gasteiger charge is 2.30. The van der Waals surface area contributed by atoms with Crippen molar-refractivity contribution in [3.8, 4) is 23.5 Å². The first-order chi connectivity index (χ1) is 19.1. The Balaban J connectivity index is 1.76. The number of rotatable bonds is 1. The van der Waals surface area contributed by atoms with Crippen LogP contribution in [-0.2, 0) is 6.18 Å². The molecule has 0 aromatic heterocycles. The van der Waals surface area contributed by atoms with E-state index in [9.17, 15) is 41.3 Å². The molecule has 0 spiro atoms. The highest BCUT2D eigenvalue weighted by atomic mass is 19.4. The molecule has 40 heavy (non-hydrogen) atoms. The summed E-state index contributed by atoms with van der Waals surface area (Å²) < 4.78 is 97.9. The van der Waals surface area contributed by atoms with E-state index in [4.69, 9.17) is 0 Å². The van der Waals surface area contributed by atoms with Crippen LogP contribution in [0.25, 0.3) is 54.2 Å². The van der Waals surface area contributed by atoms with Gasteiger partial charge < -0.3 is 0 Å². The third-order valence-corrected chi connectivity index (χ3v) is 6.85. The topological polar surface area (TPSA) is 72.3 Å². The predicted octanol–water partition coefficient (Wildman–Crippen LogP) is 7.18. The summed E-state index contributed by atoms with van der Waals surface area (Å²) in [5.74, 6) is -7.49. The van der Waals surface area contributed by atoms with Crippen molar-refractivity contribution >= 4 is 43.1 Å². The Bertz CT molecular complexity index is 2280. The van der Waals surface area contributed by atoms with Gasteiger partial charge in [0.25, 0.3) is 0 Å². The molecule has 6 rings (SSSR count). The van der Waals surface area contributed by atoms with Crippen molar-refractivity contribution in [1.82, 2.24) is 0 Å². The summed E-state index contributed by atoms with van der Waals surface area (Å²) in [5, 5.41) is 18.3. The molecule has 0 bridgehead atoms. The van der Waals surface area contributed by atoms with Gasteiger partial charge in [-0.15, -0.1) is 0 Å². The van der Waals surface area contributed by atoms with E-state index in [1.54, 1.807) is 24.4 Å². The van der Waals surface area contributed by atoms with Crippen molar-refractivity contribution in [2.45, 2.75) is 6.18 Å². The van der Waals surface area contributed by atoms with Gasteiger partial charge in [-0.1, -0.05) is 24.3 Å². The number of hydrogen-bond donors (Lipinski definition) is 0. The minimum Gasteiger partial charge on any atom is -0.203 e. The SMILES string of the molecule is N#CN=c1c2cc(-c3cccc(C(F)(F)F)c3)ccc2c2cc3c(=NC#N)c4c(F)c(F)c(F)c(F)c4c3cc12. The summed E-state index contributed by atoms with van der Waals surface area (Å²) in [5.41, 5.74) is -0.213. The molecule has 0 aliphatic carbocycles. The van der Waals surface area contributed by atoms with Crippen LogP contribution >= 0.6 is 0 Å². The van der Waals surface area contributed by atoms with E-state index in [1.807, 2.05) is 0 Å². The minimum absolute atomic E-state index is 0.0178. The maximum absolute atomic E-state index is 15.0. The molecule has 0 fully saturated rings. The quantitative estimate of drug-likeness (QED) is 0.0949. The molecule has 194 valence electrons. The Kier molecular flexibility index (Phi) is 5.39. The molecule has 0 N–H and O–H groups in total. The first kappa shape index (κ1) is 25.0. The largest absolute Gasteiger partial charge is 0.416 e. The van der Waals surface area contributed by atoms with Crippen molar-refractivity contribution in [2.75, 3.05) is 0 Å². The number of benzene rings is 4. The molecule has 0 radical (unpaired) electrons. The lowest BCUT2D eigenvalue weighted by Crippen LogP contribution is -2.04. The van der Waals surface area contributed by atoms with Gasteiger partial charge >= 0.3 is 6.18 Å². The number of nitriles is 2. The van der Waals surface area contributed by atoms with Gasteiger partial charge in [-0.05, 0) is 57.6 Å². The van der Waals surface area contributed by atoms with E-state index in [0.717, 1.165) is 12.1 Å². The number of fused-ring (bicyclic) bond motifs is 6. The third kappa shape index (κ3) is 3.45. The zero-order valence-electron chi connectivity index (χ0n) is 19.6. The molecule has 4 nitrogen and oxygen atoms in total. The smallest absolute Gasteiger partial charge is 0.203 e. The fourth-order valence-electron chi connectivity index (χ4n) is 5.17. The second-order valence-corrected chi connectivity index (χ2v) is 8.91. The molecule has 11 heteroatoms. The van der Waals surface area contributed by atoms with Crippen molar-refractivity contribution in [2.24, 2.45) is 9.98 Å². The van der Waals surface area contributed by atoms with Gasteiger partial charge in [-0.3, -0.25) is 0 Å². The normalized spacial score (nSPS) is 13.1. The van der Waals surface area contributed by atoms with E-state index in [1.165, 1.54) is 30.5 Å². The lowest BCUT2D eigenvalue weighted by Gasteiger charge is -2.09. The molecule has 0 amide bonds. The molecule has 0 atom stereocenters. The van der Waals surface area contributed by atoms with Crippen LogP contribution in [0.5, 0.6) is 0 Å². The lowest BCUT2D eigenvalue weighted by atomic mass is 10.0. The van der Waals surface area contributed by atoms with Crippen LogP contribution in [0, 0.1) is 46.2 Å². The second kappa shape index (κ2) is 8.61. The van der Waals surface area contributed by atoms with E-state index in [2.05, 4.69) is 9.98 Å². The van der Waals surface area contributed by atoms with Crippen LogP contribution in [0.15, 0.2) is 64.6 Å². The number of alkyl halides is 3. The maximum atomic E-state index is 15.0. The number of halogens is 7. The van der Waals surface area contributed by atoms with Crippen LogP contribution in [-0.4, -0.2) is 0 Å². The molecule has 6 aromatic carbocycles. The van der Waals surface area contributed by atoms with Gasteiger partial charge in [0, 0.05) is 21.5 Å². The standard InChI is InChI=1S/C29H9F7N4/c30-23-21-17-9-19-16(8-20(17)28(40-11-38)22(21)24(31)26(33)25(23)32)15-5-4-13(7-18(15)27(19)39-10-37)12-2-1-3-14(6-12)29(34,35)36/h1-9H. The highest BCUT2D eigenvalue weighted by Crippen LogP contribution is 2.37. The van der Waals surface area contributed by atoms with Crippen LogP contribution in [0.4, 0.5) is 30.7 Å². The number of nitrogens with zero attached hydrogens (tertiary/aromatic N) is 4. The number of hydrogen-bond acceptors (Lipinski definition) is 4. The molecule has 0 saturated heterocycles. The van der Waals surface area contributed by atoms with Gasteiger partial charge in [-0.25, -0.2) is 17.6 Å². The van der Waals surface area contributed by atoms with Crippen LogP contribution < -0.4 is 10.7 Å². The summed E-state index contributed by atoms with van der Waals surface area (Å²) in [7, 11) is 0. The fourth-order valence-corrected chi connectivity index (χ4v) is 5.17. The summed E-state index contributed by atoms with van der Waals surface area (Å²) in [6.45, 7) is 0. The maximum Gasteiger partial charge on any atom is 0.416 e. The summed E-state index contributed by atoms with van der Waals surface area (Å²) in [6.07, 6.45) is -1.44. The average molecular weight is 546 g/mol. The van der Waals surface area contributed by atoms with E-state index in [-0.39, 0.29) is 27.1 Å². The summed E-state index contributed by atoms with van der Waals surface area (Å²) in [4.78, 5) is 7.41. The zero-order chi connectivity index (χ0) is 28.5. The second-order valence-electron chi connectivity index (χ2n) is 8.91. The molecule has 0 heterocycles. The van der Waals surface area contributed by atoms with Crippen LogP contribution in [0.3, 0.4) is 0 Å². The van der Waals surface area contributed by atoms with E-state index in [0.29, 0.717) is 21.7 Å². The van der Waals surface area contributed by atoms with Gasteiger partial charge in [-0.2, -0.15) is 33.7 Å². The van der Waals surface area contributed by atoms with Crippen LogP contribution in [0.1, 0.15) is 5.56 Å². The molecular formula is C29H9F7N4. The molecular weight excluding hydrogens is 537 g/mol. The van der Waals surface area contributed by atoms with Crippen molar-refractivity contribution in [1.29, 1.82) is 10.5 Å². The third-order valence-electron chi connectivity index (χ3n) is 6.85. The Morgan fingerprint density at radius 1 is 0.550 bits per heavy atom. The van der Waals surface area contributed by atoms with Crippen molar-refractivity contribution in [3.05, 3.63) is 94.1 Å². The molecule has 0 unspecified atom stereocenters. The molecule has 0 aliphatic heterocycles. The minimum atomic E-state index is -4.56. The van der Waals surface area contributed by atoms with Gasteiger partial charge in [0.05, 0.1) is 21.7 Å². The van der Waals surface area contributed by atoms with Crippen molar-refractivity contribution < 1.29 is 30.7 Å². The van der Waals surface area contributed by atoms with Crippen LogP contribution in [0.2, 0.25) is 0 Å². The Labute approximate surface area is 218 Å². The van der Waals surface area contributed by atoms with E-state index >= 15 is 0 Å². The van der Waals surface area contributed by atoms with E-state index < -0.39 is 51.1 Å². The molecule has 0 aliphatic rings.